The largest absolute Gasteiger partial charge is 0.495 e. The van der Waals surface area contributed by atoms with Crippen LogP contribution >= 0.6 is 11.6 Å². The van der Waals surface area contributed by atoms with Gasteiger partial charge in [-0.2, -0.15) is 4.72 Å². The number of nitrogens with one attached hydrogen (secondary N) is 2. The normalized spacial score (nSPS) is 13.1. The lowest BCUT2D eigenvalue weighted by Crippen LogP contribution is -2.50. The summed E-state index contributed by atoms with van der Waals surface area (Å²) in [7, 11) is -2.56. The predicted molar refractivity (Wildman–Crippen MR) is 135 cm³/mol. The van der Waals surface area contributed by atoms with E-state index in [1.54, 1.807) is 0 Å². The summed E-state index contributed by atoms with van der Waals surface area (Å²) in [5.74, 6) is -0.0148. The number of hydrogen-bond acceptors (Lipinski definition) is 4. The molecule has 8 heteroatoms. The van der Waals surface area contributed by atoms with Gasteiger partial charge in [0.25, 0.3) is 0 Å². The number of rotatable bonds is 11. The van der Waals surface area contributed by atoms with Gasteiger partial charge in [-0.1, -0.05) is 72.3 Å². The second-order valence-electron chi connectivity index (χ2n) is 8.09. The number of aryl methyl sites for hydroxylation is 1. The van der Waals surface area contributed by atoms with Gasteiger partial charge in [-0.15, -0.1) is 0 Å². The van der Waals surface area contributed by atoms with Crippen LogP contribution in [0.15, 0.2) is 83.8 Å². The lowest BCUT2D eigenvalue weighted by Gasteiger charge is -2.22. The molecule has 0 radical (unpaired) electrons. The van der Waals surface area contributed by atoms with Crippen molar-refractivity contribution >= 4 is 27.5 Å². The predicted octanol–water partition coefficient (Wildman–Crippen LogP) is 4.38. The van der Waals surface area contributed by atoms with Crippen molar-refractivity contribution in [1.82, 2.24) is 10.0 Å². The van der Waals surface area contributed by atoms with Gasteiger partial charge in [0.15, 0.2) is 0 Å². The van der Waals surface area contributed by atoms with Crippen molar-refractivity contribution in [2.45, 2.75) is 43.2 Å². The molecule has 0 aliphatic rings. The Kier molecular flexibility index (Phi) is 9.10. The van der Waals surface area contributed by atoms with Gasteiger partial charge in [-0.3, -0.25) is 4.79 Å². The van der Waals surface area contributed by atoms with Gasteiger partial charge in [0.1, 0.15) is 11.8 Å². The zero-order valence-electron chi connectivity index (χ0n) is 19.2. The maximum atomic E-state index is 13.2. The van der Waals surface area contributed by atoms with Crippen LogP contribution in [0.1, 0.15) is 24.5 Å². The highest BCUT2D eigenvalue weighted by Crippen LogP contribution is 2.27. The monoisotopic (exact) mass is 500 g/mol. The molecule has 1 amide bonds. The van der Waals surface area contributed by atoms with Crippen LogP contribution in [0, 0.1) is 0 Å². The Balaban J connectivity index is 1.74. The molecule has 0 aliphatic heterocycles. The third-order valence-electron chi connectivity index (χ3n) is 5.43. The van der Waals surface area contributed by atoms with Gasteiger partial charge in [-0.25, -0.2) is 8.42 Å². The van der Waals surface area contributed by atoms with Crippen LogP contribution in [0.3, 0.4) is 0 Å². The smallest absolute Gasteiger partial charge is 0.241 e. The average molecular weight is 501 g/mol. The molecule has 34 heavy (non-hydrogen) atoms. The Hall–Kier alpha value is -2.87. The Bertz CT molecular complexity index is 1190. The zero-order chi connectivity index (χ0) is 24.6. The highest BCUT2D eigenvalue weighted by Gasteiger charge is 2.27. The molecule has 0 heterocycles. The average Bonchev–Trinajstić information content (AvgIpc) is 2.83. The minimum absolute atomic E-state index is 0.0405. The summed E-state index contributed by atoms with van der Waals surface area (Å²) in [6, 6.07) is 22.4. The lowest BCUT2D eigenvalue weighted by molar-refractivity contribution is -0.123. The highest BCUT2D eigenvalue weighted by molar-refractivity contribution is 7.89. The van der Waals surface area contributed by atoms with Crippen LogP contribution in [0.25, 0.3) is 0 Å². The van der Waals surface area contributed by atoms with Crippen LogP contribution in [-0.4, -0.2) is 33.5 Å². The number of methoxy groups -OCH3 is 1. The minimum Gasteiger partial charge on any atom is -0.495 e. The fourth-order valence-corrected chi connectivity index (χ4v) is 5.09. The van der Waals surface area contributed by atoms with Crippen LogP contribution in [0.5, 0.6) is 5.75 Å². The van der Waals surface area contributed by atoms with E-state index in [9.17, 15) is 13.2 Å². The number of sulfonamides is 1. The first-order chi connectivity index (χ1) is 16.3. The number of amides is 1. The molecular formula is C26H29ClN2O4S. The zero-order valence-corrected chi connectivity index (χ0v) is 20.8. The molecule has 0 spiro atoms. The van der Waals surface area contributed by atoms with Crippen molar-refractivity contribution in [1.29, 1.82) is 0 Å². The second-order valence-corrected chi connectivity index (χ2v) is 10.2. The van der Waals surface area contributed by atoms with Crippen molar-refractivity contribution < 1.29 is 17.9 Å². The minimum atomic E-state index is -4.01. The quantitative estimate of drug-likeness (QED) is 0.409. The third-order valence-corrected chi connectivity index (χ3v) is 7.19. The molecule has 0 fully saturated rings. The highest BCUT2D eigenvalue weighted by atomic mass is 35.5. The van der Waals surface area contributed by atoms with Gasteiger partial charge in [0.05, 0.1) is 17.0 Å². The van der Waals surface area contributed by atoms with Gasteiger partial charge < -0.3 is 10.1 Å². The van der Waals surface area contributed by atoms with Crippen molar-refractivity contribution in [2.24, 2.45) is 0 Å². The second kappa shape index (κ2) is 12.0. The molecule has 0 saturated carbocycles. The molecule has 0 unspecified atom stereocenters. The third kappa shape index (κ3) is 7.32. The van der Waals surface area contributed by atoms with E-state index in [2.05, 4.69) is 10.0 Å². The van der Waals surface area contributed by atoms with E-state index in [0.717, 1.165) is 18.4 Å². The number of carbonyl (C=O) groups excluding carboxylic acids is 1. The van der Waals surface area contributed by atoms with Crippen molar-refractivity contribution in [2.75, 3.05) is 7.11 Å². The number of ether oxygens (including phenoxy) is 1. The number of benzene rings is 3. The van der Waals surface area contributed by atoms with Crippen LogP contribution in [0.2, 0.25) is 5.02 Å². The van der Waals surface area contributed by atoms with Gasteiger partial charge in [0.2, 0.25) is 15.9 Å². The van der Waals surface area contributed by atoms with Crippen molar-refractivity contribution in [3.63, 3.8) is 0 Å². The maximum Gasteiger partial charge on any atom is 0.241 e. The van der Waals surface area contributed by atoms with Crippen molar-refractivity contribution in [3.05, 3.63) is 95.0 Å². The molecule has 0 aromatic heterocycles. The summed E-state index contributed by atoms with van der Waals surface area (Å²) in [4.78, 5) is 13.1. The summed E-state index contributed by atoms with van der Waals surface area (Å²) in [6.07, 6.45) is 1.75. The first-order valence-corrected chi connectivity index (χ1v) is 12.9. The molecule has 0 saturated heterocycles. The number of hydrogen-bond donors (Lipinski definition) is 2. The van der Waals surface area contributed by atoms with Crippen molar-refractivity contribution in [3.8, 4) is 5.75 Å². The molecule has 0 bridgehead atoms. The Labute approximate surface area is 206 Å². The van der Waals surface area contributed by atoms with Crippen LogP contribution in [0.4, 0.5) is 0 Å². The van der Waals surface area contributed by atoms with Gasteiger partial charge in [-0.05, 0) is 55.5 Å². The summed E-state index contributed by atoms with van der Waals surface area (Å²) in [5, 5.41) is 3.13. The van der Waals surface area contributed by atoms with Crippen LogP contribution in [-0.2, 0) is 27.7 Å². The molecular weight excluding hydrogens is 472 g/mol. The molecule has 3 aromatic carbocycles. The molecule has 3 aromatic rings. The summed E-state index contributed by atoms with van der Waals surface area (Å²) in [6.45, 7) is 1.91. The van der Waals surface area contributed by atoms with Gasteiger partial charge in [0, 0.05) is 6.04 Å². The van der Waals surface area contributed by atoms with E-state index < -0.39 is 16.1 Å². The Morgan fingerprint density at radius 2 is 1.59 bits per heavy atom. The first-order valence-electron chi connectivity index (χ1n) is 11.0. The summed E-state index contributed by atoms with van der Waals surface area (Å²) in [5.41, 5.74) is 2.02. The fourth-order valence-electron chi connectivity index (χ4n) is 3.55. The summed E-state index contributed by atoms with van der Waals surface area (Å²) >= 11 is 6.12. The maximum absolute atomic E-state index is 13.2. The van der Waals surface area contributed by atoms with E-state index in [4.69, 9.17) is 16.3 Å². The molecule has 3 rings (SSSR count). The molecule has 180 valence electrons. The molecule has 2 atom stereocenters. The van der Waals surface area contributed by atoms with E-state index in [-0.39, 0.29) is 28.3 Å². The molecule has 6 nitrogen and oxygen atoms in total. The Morgan fingerprint density at radius 3 is 2.18 bits per heavy atom. The number of carbonyl (C=O) groups is 1. The van der Waals surface area contributed by atoms with E-state index >= 15 is 0 Å². The SMILES string of the molecule is COc1ccc(S(=O)(=O)N[C@H](Cc2ccccc2)C(=O)N[C@@H](C)CCc2ccccc2)cc1Cl. The molecule has 0 aliphatic carbocycles. The summed E-state index contributed by atoms with van der Waals surface area (Å²) < 4.78 is 33.9. The topological polar surface area (TPSA) is 84.5 Å². The van der Waals surface area contributed by atoms with Crippen LogP contribution < -0.4 is 14.8 Å². The van der Waals surface area contributed by atoms with E-state index in [1.807, 2.05) is 67.6 Å². The lowest BCUT2D eigenvalue weighted by atomic mass is 10.0. The van der Waals surface area contributed by atoms with E-state index in [0.29, 0.717) is 5.75 Å². The fraction of sp³-hybridized carbons (Fsp3) is 0.269. The number of halogens is 1. The Morgan fingerprint density at radius 1 is 0.971 bits per heavy atom. The molecule has 2 N–H and O–H groups in total. The van der Waals surface area contributed by atoms with E-state index in [1.165, 1.54) is 30.9 Å². The first kappa shape index (κ1) is 25.7. The standard InChI is InChI=1S/C26H29ClN2O4S/c1-19(13-14-20-9-5-3-6-10-20)28-26(30)24(17-21-11-7-4-8-12-21)29-34(31,32)22-15-16-25(33-2)23(27)18-22/h3-12,15-16,18-19,24,29H,13-14,17H2,1-2H3,(H,28,30)/t19-,24+/m0/s1. The van der Waals surface area contributed by atoms with Gasteiger partial charge >= 0.3 is 0 Å².